The molecule has 0 aliphatic heterocycles. The van der Waals surface area contributed by atoms with Crippen LogP contribution in [0.15, 0.2) is 54.9 Å². The topological polar surface area (TPSA) is 77.6 Å². The van der Waals surface area contributed by atoms with Crippen LogP contribution in [0, 0.1) is 19.7 Å². The third-order valence-corrected chi connectivity index (χ3v) is 5.18. The van der Waals surface area contributed by atoms with Gasteiger partial charge in [0.2, 0.25) is 0 Å². The van der Waals surface area contributed by atoms with Crippen molar-refractivity contribution in [2.24, 2.45) is 7.05 Å². The number of carbonyl (C=O) groups is 1. The van der Waals surface area contributed by atoms with E-state index in [9.17, 15) is 9.18 Å². The van der Waals surface area contributed by atoms with Crippen LogP contribution in [0.25, 0.3) is 22.6 Å². The summed E-state index contributed by atoms with van der Waals surface area (Å²) in [5.41, 5.74) is 5.55. The van der Waals surface area contributed by atoms with E-state index < -0.39 is 0 Å². The molecule has 8 heteroatoms. The zero-order chi connectivity index (χ0) is 22.0. The number of amides is 1. The number of halogens is 1. The smallest absolute Gasteiger partial charge is 0.254 e. The van der Waals surface area contributed by atoms with Gasteiger partial charge >= 0.3 is 0 Å². The summed E-state index contributed by atoms with van der Waals surface area (Å²) < 4.78 is 16.8. The van der Waals surface area contributed by atoms with Crippen LogP contribution in [-0.4, -0.2) is 37.0 Å². The number of carbonyl (C=O) groups excluding carboxylic acids is 1. The molecule has 1 N–H and O–H groups in total. The summed E-state index contributed by atoms with van der Waals surface area (Å²) in [4.78, 5) is 17.0. The minimum Gasteiger partial charge on any atom is -0.350 e. The summed E-state index contributed by atoms with van der Waals surface area (Å²) in [6.45, 7) is 4.67. The number of aromatic nitrogens is 5. The minimum atomic E-state index is -0.294. The molecule has 0 fully saturated rings. The highest BCUT2D eigenvalue weighted by Gasteiger charge is 2.15. The van der Waals surface area contributed by atoms with Gasteiger partial charge in [0, 0.05) is 31.0 Å². The van der Waals surface area contributed by atoms with Crippen molar-refractivity contribution >= 4 is 5.91 Å². The zero-order valence-electron chi connectivity index (χ0n) is 17.6. The number of hydrogen-bond donors (Lipinski definition) is 1. The van der Waals surface area contributed by atoms with Crippen LogP contribution in [0.5, 0.6) is 0 Å². The normalized spacial score (nSPS) is 11.0. The number of rotatable bonds is 6. The zero-order valence-corrected chi connectivity index (χ0v) is 17.6. The van der Waals surface area contributed by atoms with Gasteiger partial charge in [0.1, 0.15) is 5.82 Å². The Labute approximate surface area is 179 Å². The Balaban J connectivity index is 1.57. The van der Waals surface area contributed by atoms with Gasteiger partial charge in [-0.1, -0.05) is 6.07 Å². The molecule has 4 aromatic rings. The van der Waals surface area contributed by atoms with Gasteiger partial charge in [-0.2, -0.15) is 10.2 Å². The molecule has 1 aromatic carbocycles. The van der Waals surface area contributed by atoms with E-state index in [1.54, 1.807) is 36.3 Å². The molecular formula is C23H23FN6O. The third kappa shape index (κ3) is 4.37. The molecule has 31 heavy (non-hydrogen) atoms. The van der Waals surface area contributed by atoms with Crippen LogP contribution in [0.4, 0.5) is 4.39 Å². The lowest BCUT2D eigenvalue weighted by atomic mass is 10.1. The van der Waals surface area contributed by atoms with Gasteiger partial charge < -0.3 is 5.32 Å². The maximum Gasteiger partial charge on any atom is 0.254 e. The van der Waals surface area contributed by atoms with Gasteiger partial charge in [-0.05, 0) is 55.8 Å². The monoisotopic (exact) mass is 418 g/mol. The number of pyridine rings is 1. The Bertz CT molecular complexity index is 1210. The molecule has 0 bridgehead atoms. The molecule has 0 saturated carbocycles. The molecule has 0 aliphatic carbocycles. The summed E-state index contributed by atoms with van der Waals surface area (Å²) in [5, 5.41) is 11.7. The molecule has 0 spiro atoms. The maximum absolute atomic E-state index is 13.3. The van der Waals surface area contributed by atoms with Crippen molar-refractivity contribution in [1.82, 2.24) is 29.9 Å². The summed E-state index contributed by atoms with van der Waals surface area (Å²) in [6.07, 6.45) is 3.37. The number of nitrogens with zero attached hydrogens (tertiary/aromatic N) is 5. The van der Waals surface area contributed by atoms with Crippen molar-refractivity contribution in [3.63, 3.8) is 0 Å². The highest BCUT2D eigenvalue weighted by molar-refractivity contribution is 5.95. The lowest BCUT2D eigenvalue weighted by molar-refractivity contribution is 0.0951. The molecule has 3 aromatic heterocycles. The fourth-order valence-corrected chi connectivity index (χ4v) is 3.27. The molecule has 7 nitrogen and oxygen atoms in total. The van der Waals surface area contributed by atoms with E-state index in [1.807, 2.05) is 36.7 Å². The van der Waals surface area contributed by atoms with E-state index in [2.05, 4.69) is 20.5 Å². The quantitative estimate of drug-likeness (QED) is 0.520. The third-order valence-electron chi connectivity index (χ3n) is 5.18. The lowest BCUT2D eigenvalue weighted by Gasteiger charge is -2.09. The Morgan fingerprint density at radius 2 is 1.84 bits per heavy atom. The van der Waals surface area contributed by atoms with E-state index in [1.165, 1.54) is 12.1 Å². The number of aryl methyl sites for hydroxylation is 2. The van der Waals surface area contributed by atoms with Gasteiger partial charge in [0.05, 0.1) is 35.4 Å². The molecule has 1 amide bonds. The van der Waals surface area contributed by atoms with Crippen LogP contribution in [0.3, 0.4) is 0 Å². The Kier molecular flexibility index (Phi) is 5.62. The Morgan fingerprint density at radius 1 is 1.06 bits per heavy atom. The van der Waals surface area contributed by atoms with Crippen molar-refractivity contribution in [2.45, 2.75) is 20.4 Å². The van der Waals surface area contributed by atoms with Crippen molar-refractivity contribution in [1.29, 1.82) is 0 Å². The molecule has 158 valence electrons. The predicted octanol–water partition coefficient (Wildman–Crippen LogP) is 3.53. The van der Waals surface area contributed by atoms with Gasteiger partial charge in [-0.3, -0.25) is 19.1 Å². The first-order valence-electron chi connectivity index (χ1n) is 9.96. The minimum absolute atomic E-state index is 0.175. The van der Waals surface area contributed by atoms with Crippen LogP contribution in [0.2, 0.25) is 0 Å². The van der Waals surface area contributed by atoms with Crippen LogP contribution in [0.1, 0.15) is 21.6 Å². The molecule has 4 rings (SSSR count). The first-order valence-corrected chi connectivity index (χ1v) is 9.96. The van der Waals surface area contributed by atoms with Crippen molar-refractivity contribution in [3.05, 3.63) is 77.5 Å². The second-order valence-electron chi connectivity index (χ2n) is 7.39. The van der Waals surface area contributed by atoms with Gasteiger partial charge in [0.25, 0.3) is 5.91 Å². The van der Waals surface area contributed by atoms with E-state index in [0.29, 0.717) is 24.3 Å². The highest BCUT2D eigenvalue weighted by atomic mass is 19.1. The Hall–Kier alpha value is -3.81. The highest BCUT2D eigenvalue weighted by Crippen LogP contribution is 2.25. The summed E-state index contributed by atoms with van der Waals surface area (Å²) in [5.74, 6) is -0.469. The van der Waals surface area contributed by atoms with Gasteiger partial charge in [-0.15, -0.1) is 0 Å². The number of hydrogen-bond acceptors (Lipinski definition) is 4. The fourth-order valence-electron chi connectivity index (χ4n) is 3.27. The number of benzene rings is 1. The molecular weight excluding hydrogens is 395 g/mol. The number of nitrogens with one attached hydrogen (secondary N) is 1. The molecule has 0 unspecified atom stereocenters. The average molecular weight is 418 g/mol. The standard InChI is InChI=1S/C23H23FN6O/c1-15-4-9-20(26-13-15)22-12-21(17-5-7-18(24)8-6-17)28-30(22)11-10-25-23(31)19-14-27-29(3)16(19)2/h4-9,12-14H,10-11H2,1-3H3,(H,25,31). The van der Waals surface area contributed by atoms with Crippen LogP contribution in [-0.2, 0) is 13.6 Å². The van der Waals surface area contributed by atoms with Crippen molar-refractivity contribution in [3.8, 4) is 22.6 Å². The lowest BCUT2D eigenvalue weighted by Crippen LogP contribution is -2.28. The second-order valence-corrected chi connectivity index (χ2v) is 7.39. The van der Waals surface area contributed by atoms with Crippen molar-refractivity contribution in [2.75, 3.05) is 6.54 Å². The van der Waals surface area contributed by atoms with E-state index in [4.69, 9.17) is 0 Å². The SMILES string of the molecule is Cc1ccc(-c2cc(-c3ccc(F)cc3)nn2CCNC(=O)c2cnn(C)c2C)nc1. The molecule has 0 aliphatic rings. The molecule has 0 saturated heterocycles. The maximum atomic E-state index is 13.3. The fraction of sp³-hybridized carbons (Fsp3) is 0.217. The van der Waals surface area contributed by atoms with Gasteiger partial charge in [-0.25, -0.2) is 4.39 Å². The first kappa shape index (κ1) is 20.5. The van der Waals surface area contributed by atoms with E-state index in [-0.39, 0.29) is 11.7 Å². The molecule has 3 heterocycles. The molecule has 0 radical (unpaired) electrons. The van der Waals surface area contributed by atoms with Crippen LogP contribution < -0.4 is 5.32 Å². The van der Waals surface area contributed by atoms with E-state index >= 15 is 0 Å². The van der Waals surface area contributed by atoms with Crippen LogP contribution >= 0.6 is 0 Å². The summed E-state index contributed by atoms with van der Waals surface area (Å²) >= 11 is 0. The largest absolute Gasteiger partial charge is 0.350 e. The summed E-state index contributed by atoms with van der Waals surface area (Å²) in [6, 6.07) is 12.1. The first-order chi connectivity index (χ1) is 14.9. The molecule has 0 atom stereocenters. The average Bonchev–Trinajstić information content (AvgIpc) is 3.33. The van der Waals surface area contributed by atoms with E-state index in [0.717, 1.165) is 28.2 Å². The second kappa shape index (κ2) is 8.51. The van der Waals surface area contributed by atoms with Gasteiger partial charge in [0.15, 0.2) is 0 Å². The Morgan fingerprint density at radius 3 is 2.48 bits per heavy atom. The summed E-state index contributed by atoms with van der Waals surface area (Å²) in [7, 11) is 1.80. The van der Waals surface area contributed by atoms with Crippen molar-refractivity contribution < 1.29 is 9.18 Å². The predicted molar refractivity (Wildman–Crippen MR) is 116 cm³/mol.